The molecule has 0 aliphatic carbocycles. The fourth-order valence-corrected chi connectivity index (χ4v) is 5.30. The van der Waals surface area contributed by atoms with Gasteiger partial charge in [0.25, 0.3) is 0 Å². The first-order chi connectivity index (χ1) is 17.3. The van der Waals surface area contributed by atoms with E-state index in [0.717, 1.165) is 29.4 Å². The fourth-order valence-electron chi connectivity index (χ4n) is 5.17. The number of hydrogen-bond acceptors (Lipinski definition) is 4. The van der Waals surface area contributed by atoms with Crippen molar-refractivity contribution in [1.82, 2.24) is 15.2 Å². The average Bonchev–Trinajstić information content (AvgIpc) is 2.88. The van der Waals surface area contributed by atoms with Gasteiger partial charge in [0.05, 0.1) is 17.5 Å². The summed E-state index contributed by atoms with van der Waals surface area (Å²) in [6, 6.07) is 15.1. The van der Waals surface area contributed by atoms with Crippen LogP contribution in [0, 0.1) is 5.92 Å². The Hall–Kier alpha value is -3.10. The van der Waals surface area contributed by atoms with Gasteiger partial charge in [-0.15, -0.1) is 0 Å². The van der Waals surface area contributed by atoms with Crippen LogP contribution in [0.4, 0.5) is 18.9 Å². The molecule has 9 heteroatoms. The molecule has 0 radical (unpaired) electrons. The Morgan fingerprint density at radius 1 is 1.03 bits per heavy atom. The minimum Gasteiger partial charge on any atom is -0.365 e. The van der Waals surface area contributed by atoms with Crippen LogP contribution in [0.2, 0.25) is 5.02 Å². The quantitative estimate of drug-likeness (QED) is 0.524. The third-order valence-electron chi connectivity index (χ3n) is 7.00. The van der Waals surface area contributed by atoms with Crippen molar-refractivity contribution in [1.29, 1.82) is 0 Å². The highest BCUT2D eigenvalue weighted by molar-refractivity contribution is 6.30. The number of alkyl halides is 3. The normalized spacial score (nSPS) is 19.9. The van der Waals surface area contributed by atoms with E-state index in [0.29, 0.717) is 36.8 Å². The molecule has 0 saturated carbocycles. The highest BCUT2D eigenvalue weighted by atomic mass is 35.5. The van der Waals surface area contributed by atoms with Crippen LogP contribution in [0.5, 0.6) is 0 Å². The summed E-state index contributed by atoms with van der Waals surface area (Å²) in [5.41, 5.74) is 2.71. The van der Waals surface area contributed by atoms with Crippen molar-refractivity contribution in [2.24, 2.45) is 5.92 Å². The van der Waals surface area contributed by atoms with Crippen LogP contribution >= 0.6 is 11.6 Å². The molecule has 1 fully saturated rings. The number of pyridine rings is 1. The third kappa shape index (κ3) is 5.34. The zero-order valence-electron chi connectivity index (χ0n) is 19.5. The molecule has 0 spiro atoms. The van der Waals surface area contributed by atoms with Crippen molar-refractivity contribution < 1.29 is 18.0 Å². The van der Waals surface area contributed by atoms with Crippen molar-refractivity contribution in [2.45, 2.75) is 31.7 Å². The summed E-state index contributed by atoms with van der Waals surface area (Å²) in [5.74, 6) is -0.631. The van der Waals surface area contributed by atoms with E-state index in [2.05, 4.69) is 20.1 Å². The summed E-state index contributed by atoms with van der Waals surface area (Å²) in [5, 5.41) is 3.68. The van der Waals surface area contributed by atoms with Crippen molar-refractivity contribution in [3.63, 3.8) is 0 Å². The summed E-state index contributed by atoms with van der Waals surface area (Å²) >= 11 is 6.02. The molecule has 5 rings (SSSR count). The fraction of sp³-hybridized carbons (Fsp3) is 0.333. The molecule has 3 heterocycles. The maximum Gasteiger partial charge on any atom is 0.416 e. The molecule has 0 unspecified atom stereocenters. The number of hydrogen-bond donors (Lipinski definition) is 1. The van der Waals surface area contributed by atoms with Gasteiger partial charge in [-0.1, -0.05) is 23.7 Å². The summed E-state index contributed by atoms with van der Waals surface area (Å²) in [6.45, 7) is 3.06. The molecule has 2 aliphatic heterocycles. The largest absolute Gasteiger partial charge is 0.416 e. The lowest BCUT2D eigenvalue weighted by Gasteiger charge is -2.49. The molecule has 1 N–H and O–H groups in total. The first-order valence-electron chi connectivity index (χ1n) is 11.9. The van der Waals surface area contributed by atoms with Crippen LogP contribution in [-0.4, -0.2) is 41.5 Å². The van der Waals surface area contributed by atoms with E-state index in [1.807, 2.05) is 36.4 Å². The van der Waals surface area contributed by atoms with E-state index >= 15 is 0 Å². The van der Waals surface area contributed by atoms with Gasteiger partial charge in [0.15, 0.2) is 0 Å². The van der Waals surface area contributed by atoms with Gasteiger partial charge < -0.3 is 10.2 Å². The Morgan fingerprint density at radius 3 is 2.50 bits per heavy atom. The van der Waals surface area contributed by atoms with Crippen molar-refractivity contribution in [3.05, 3.63) is 94.3 Å². The number of fused-ring (bicyclic) bond motifs is 3. The highest BCUT2D eigenvalue weighted by Crippen LogP contribution is 2.40. The van der Waals surface area contributed by atoms with Gasteiger partial charge in [0.2, 0.25) is 5.91 Å². The van der Waals surface area contributed by atoms with Crippen molar-refractivity contribution >= 4 is 23.2 Å². The number of nitrogens with zero attached hydrogens (tertiary/aromatic N) is 3. The molecule has 2 aromatic carbocycles. The molecule has 36 heavy (non-hydrogen) atoms. The highest BCUT2D eigenvalue weighted by Gasteiger charge is 2.42. The smallest absolute Gasteiger partial charge is 0.365 e. The van der Waals surface area contributed by atoms with Gasteiger partial charge in [-0.2, -0.15) is 13.2 Å². The molecular weight excluding hydrogens is 489 g/mol. The molecule has 1 saturated heterocycles. The molecule has 3 aromatic rings. The maximum atomic E-state index is 13.4. The Balaban J connectivity index is 1.40. The summed E-state index contributed by atoms with van der Waals surface area (Å²) in [4.78, 5) is 21.8. The minimum atomic E-state index is -4.43. The number of nitrogens with one attached hydrogen (secondary N) is 1. The first-order valence-corrected chi connectivity index (χ1v) is 12.3. The van der Waals surface area contributed by atoms with E-state index in [1.54, 1.807) is 18.5 Å². The standard InChI is InChI=1S/C27H26ClF3N4O/c28-22-4-1-19(2-5-22)16-34-11-12-35-24-6-3-21(27(29,30)31)13-20(24)14-23(25(35)17-34)26(36)33-15-18-7-9-32-10-8-18/h1-10,13,23,25H,11-12,14-17H2,(H,33,36)/t23-,25-/m1/s1. The number of anilines is 1. The average molecular weight is 515 g/mol. The van der Waals surface area contributed by atoms with Crippen LogP contribution in [0.1, 0.15) is 22.3 Å². The van der Waals surface area contributed by atoms with E-state index in [-0.39, 0.29) is 18.4 Å². The molecule has 188 valence electrons. The topological polar surface area (TPSA) is 48.5 Å². The molecule has 0 bridgehead atoms. The lowest BCUT2D eigenvalue weighted by atomic mass is 9.82. The lowest BCUT2D eigenvalue weighted by molar-refractivity contribution is -0.137. The summed E-state index contributed by atoms with van der Waals surface area (Å²) in [7, 11) is 0. The molecular formula is C27H26ClF3N4O. The SMILES string of the molecule is O=C(NCc1ccncc1)[C@@H]1Cc2cc(C(F)(F)F)ccc2N2CCN(Cc3ccc(Cl)cc3)C[C@H]12. The number of carbonyl (C=O) groups is 1. The van der Waals surface area contributed by atoms with Crippen LogP contribution < -0.4 is 10.2 Å². The van der Waals surface area contributed by atoms with Crippen LogP contribution in [0.25, 0.3) is 0 Å². The first kappa shape index (κ1) is 24.6. The second-order valence-corrected chi connectivity index (χ2v) is 9.78. The zero-order chi connectivity index (χ0) is 25.3. The number of benzene rings is 2. The van der Waals surface area contributed by atoms with E-state index in [9.17, 15) is 18.0 Å². The van der Waals surface area contributed by atoms with Gasteiger partial charge in [-0.25, -0.2) is 0 Å². The van der Waals surface area contributed by atoms with Gasteiger partial charge in [-0.05, 0) is 65.6 Å². The zero-order valence-corrected chi connectivity index (χ0v) is 20.3. The second-order valence-electron chi connectivity index (χ2n) is 9.35. The predicted octanol–water partition coefficient (Wildman–Crippen LogP) is 4.93. The molecule has 2 atom stereocenters. The maximum absolute atomic E-state index is 13.4. The number of aromatic nitrogens is 1. The van der Waals surface area contributed by atoms with Gasteiger partial charge in [0, 0.05) is 55.8 Å². The van der Waals surface area contributed by atoms with E-state index in [4.69, 9.17) is 11.6 Å². The Bertz CT molecular complexity index is 1220. The van der Waals surface area contributed by atoms with E-state index in [1.165, 1.54) is 6.07 Å². The minimum absolute atomic E-state index is 0.146. The van der Waals surface area contributed by atoms with Gasteiger partial charge >= 0.3 is 6.18 Å². The monoisotopic (exact) mass is 514 g/mol. The molecule has 2 aliphatic rings. The molecule has 1 amide bonds. The number of rotatable bonds is 5. The van der Waals surface area contributed by atoms with Crippen LogP contribution in [0.3, 0.4) is 0 Å². The van der Waals surface area contributed by atoms with Crippen molar-refractivity contribution in [3.8, 4) is 0 Å². The Morgan fingerprint density at radius 2 is 1.78 bits per heavy atom. The number of piperazine rings is 1. The third-order valence-corrected chi connectivity index (χ3v) is 7.25. The Labute approximate surface area is 212 Å². The predicted molar refractivity (Wildman–Crippen MR) is 133 cm³/mol. The van der Waals surface area contributed by atoms with Crippen molar-refractivity contribution in [2.75, 3.05) is 24.5 Å². The molecule has 1 aromatic heterocycles. The molecule has 5 nitrogen and oxygen atoms in total. The summed E-state index contributed by atoms with van der Waals surface area (Å²) < 4.78 is 40.3. The second kappa shape index (κ2) is 10.1. The van der Waals surface area contributed by atoms with Gasteiger partial charge in [0.1, 0.15) is 0 Å². The van der Waals surface area contributed by atoms with Crippen LogP contribution in [0.15, 0.2) is 67.0 Å². The number of halogens is 4. The lowest BCUT2D eigenvalue weighted by Crippen LogP contribution is -2.60. The van der Waals surface area contributed by atoms with Gasteiger partial charge in [-0.3, -0.25) is 14.7 Å². The number of amides is 1. The Kier molecular flexibility index (Phi) is 6.90. The number of carbonyl (C=O) groups excluding carboxylic acids is 1. The van der Waals surface area contributed by atoms with Crippen LogP contribution in [-0.2, 0) is 30.5 Å². The summed E-state index contributed by atoms with van der Waals surface area (Å²) in [6.07, 6.45) is -0.845. The van der Waals surface area contributed by atoms with E-state index < -0.39 is 17.7 Å².